The first-order valence-electron chi connectivity index (χ1n) is 8.56. The summed E-state index contributed by atoms with van der Waals surface area (Å²) >= 11 is 0. The molecule has 1 aliphatic rings. The maximum atomic E-state index is 12.3. The first-order valence-corrected chi connectivity index (χ1v) is 8.56. The van der Waals surface area contributed by atoms with Crippen LogP contribution in [0.15, 0.2) is 16.5 Å². The van der Waals surface area contributed by atoms with Gasteiger partial charge in [-0.1, -0.05) is 0 Å². The average molecular weight is 362 g/mol. The lowest BCUT2D eigenvalue weighted by atomic mass is 10.1. The van der Waals surface area contributed by atoms with Crippen LogP contribution in [0.1, 0.15) is 47.5 Å². The number of carbonyl (C=O) groups excluding carboxylic acids is 1. The largest absolute Gasteiger partial charge is 0.454 e. The molecule has 2 atom stereocenters. The number of aromatic nitrogens is 2. The maximum Gasteiger partial charge on any atom is 0.312 e. The number of nitro groups is 1. The summed E-state index contributed by atoms with van der Waals surface area (Å²) in [4.78, 5) is 23.0. The molecule has 1 N–H and O–H groups in total. The molecule has 26 heavy (non-hydrogen) atoms. The summed E-state index contributed by atoms with van der Waals surface area (Å²) in [5.74, 6) is 0.389. The van der Waals surface area contributed by atoms with Crippen molar-refractivity contribution in [2.24, 2.45) is 0 Å². The third-order valence-corrected chi connectivity index (χ3v) is 4.60. The molecular formula is C17H22N4O5. The first kappa shape index (κ1) is 18.1. The van der Waals surface area contributed by atoms with E-state index in [1.807, 2.05) is 6.92 Å². The Morgan fingerprint density at radius 2 is 2.27 bits per heavy atom. The summed E-state index contributed by atoms with van der Waals surface area (Å²) < 4.78 is 12.7. The summed E-state index contributed by atoms with van der Waals surface area (Å²) in [5.41, 5.74) is 0.796. The Labute approximate surface area is 150 Å². The number of hydrogen-bond acceptors (Lipinski definition) is 6. The minimum Gasteiger partial charge on any atom is -0.454 e. The van der Waals surface area contributed by atoms with Crippen LogP contribution in [0.3, 0.4) is 0 Å². The van der Waals surface area contributed by atoms with Crippen LogP contribution >= 0.6 is 0 Å². The molecule has 1 fully saturated rings. The number of nitrogens with zero attached hydrogens (tertiary/aromatic N) is 3. The Morgan fingerprint density at radius 1 is 1.50 bits per heavy atom. The molecular weight excluding hydrogens is 340 g/mol. The number of nitrogens with one attached hydrogen (secondary N) is 1. The van der Waals surface area contributed by atoms with Crippen LogP contribution in [0.4, 0.5) is 5.69 Å². The van der Waals surface area contributed by atoms with Crippen molar-refractivity contribution in [2.45, 2.75) is 52.3 Å². The second-order valence-corrected chi connectivity index (χ2v) is 6.51. The summed E-state index contributed by atoms with van der Waals surface area (Å²) in [7, 11) is 0. The van der Waals surface area contributed by atoms with Gasteiger partial charge in [0.1, 0.15) is 17.1 Å². The third-order valence-electron chi connectivity index (χ3n) is 4.60. The molecule has 0 spiro atoms. The lowest BCUT2D eigenvalue weighted by Crippen LogP contribution is -2.40. The zero-order valence-corrected chi connectivity index (χ0v) is 15.0. The topological polar surface area (TPSA) is 112 Å². The van der Waals surface area contributed by atoms with Gasteiger partial charge in [-0.2, -0.15) is 5.10 Å². The normalized spacial score (nSPS) is 18.0. The predicted octanol–water partition coefficient (Wildman–Crippen LogP) is 2.35. The molecule has 3 rings (SSSR count). The molecule has 0 saturated carbocycles. The number of hydrogen-bond donors (Lipinski definition) is 1. The highest BCUT2D eigenvalue weighted by molar-refractivity contribution is 5.91. The fourth-order valence-electron chi connectivity index (χ4n) is 3.21. The number of furan rings is 1. The highest BCUT2D eigenvalue weighted by atomic mass is 16.6. The Bertz CT molecular complexity index is 819. The lowest BCUT2D eigenvalue weighted by molar-refractivity contribution is -0.386. The highest BCUT2D eigenvalue weighted by Gasteiger charge is 2.25. The molecule has 2 aromatic heterocycles. The summed E-state index contributed by atoms with van der Waals surface area (Å²) in [6.45, 7) is 6.08. The van der Waals surface area contributed by atoms with Crippen LogP contribution in [0.2, 0.25) is 0 Å². The van der Waals surface area contributed by atoms with E-state index >= 15 is 0 Å². The smallest absolute Gasteiger partial charge is 0.312 e. The van der Waals surface area contributed by atoms with E-state index < -0.39 is 4.92 Å². The highest BCUT2D eigenvalue weighted by Crippen LogP contribution is 2.23. The van der Waals surface area contributed by atoms with Gasteiger partial charge in [0.05, 0.1) is 23.6 Å². The molecule has 9 nitrogen and oxygen atoms in total. The molecule has 0 aromatic carbocycles. The Balaban J connectivity index is 1.67. The van der Waals surface area contributed by atoms with E-state index in [1.54, 1.807) is 26.0 Å². The summed E-state index contributed by atoms with van der Waals surface area (Å²) in [6, 6.07) is 3.17. The number of aryl methyl sites for hydroxylation is 1. The van der Waals surface area contributed by atoms with E-state index in [0.29, 0.717) is 17.1 Å². The molecule has 1 amide bonds. The van der Waals surface area contributed by atoms with E-state index in [-0.39, 0.29) is 36.0 Å². The van der Waals surface area contributed by atoms with E-state index in [9.17, 15) is 14.9 Å². The second-order valence-electron chi connectivity index (χ2n) is 6.51. The quantitative estimate of drug-likeness (QED) is 0.623. The lowest BCUT2D eigenvalue weighted by Gasteiger charge is -2.19. The predicted molar refractivity (Wildman–Crippen MR) is 92.1 cm³/mol. The zero-order chi connectivity index (χ0) is 18.8. The SMILES string of the molecule is Cc1nn(Cc2ccc(C(=O)NC(C)C3CCCO3)o2)c(C)c1[N+](=O)[O-]. The molecule has 1 aliphatic heterocycles. The van der Waals surface area contributed by atoms with Crippen LogP contribution in [-0.2, 0) is 11.3 Å². The average Bonchev–Trinajstić information content (AvgIpc) is 3.29. The first-order chi connectivity index (χ1) is 12.4. The van der Waals surface area contributed by atoms with Gasteiger partial charge in [0.2, 0.25) is 0 Å². The van der Waals surface area contributed by atoms with E-state index in [4.69, 9.17) is 9.15 Å². The van der Waals surface area contributed by atoms with Crippen LogP contribution in [0.25, 0.3) is 0 Å². The van der Waals surface area contributed by atoms with E-state index in [0.717, 1.165) is 19.4 Å². The molecule has 0 bridgehead atoms. The number of ether oxygens (including phenoxy) is 1. The minimum atomic E-state index is -0.443. The van der Waals surface area contributed by atoms with Crippen LogP contribution in [0, 0.1) is 24.0 Å². The second kappa shape index (κ2) is 7.28. The number of rotatable bonds is 6. The van der Waals surface area contributed by atoms with Gasteiger partial charge in [-0.05, 0) is 45.7 Å². The monoisotopic (exact) mass is 362 g/mol. The van der Waals surface area contributed by atoms with Crippen LogP contribution in [-0.4, -0.2) is 39.4 Å². The van der Waals surface area contributed by atoms with Gasteiger partial charge >= 0.3 is 5.69 Å². The molecule has 2 unspecified atom stereocenters. The molecule has 3 heterocycles. The number of carbonyl (C=O) groups is 1. The van der Waals surface area contributed by atoms with Crippen molar-refractivity contribution in [3.05, 3.63) is 45.2 Å². The minimum absolute atomic E-state index is 0.0000824. The Morgan fingerprint density at radius 3 is 2.88 bits per heavy atom. The van der Waals surface area contributed by atoms with Gasteiger partial charge in [0, 0.05) is 6.61 Å². The maximum absolute atomic E-state index is 12.3. The van der Waals surface area contributed by atoms with Gasteiger partial charge in [-0.15, -0.1) is 0 Å². The Kier molecular flexibility index (Phi) is 5.08. The molecule has 140 valence electrons. The summed E-state index contributed by atoms with van der Waals surface area (Å²) in [5, 5.41) is 18.1. The summed E-state index contributed by atoms with van der Waals surface area (Å²) in [6.07, 6.45) is 1.97. The van der Waals surface area contributed by atoms with E-state index in [2.05, 4.69) is 10.4 Å². The van der Waals surface area contributed by atoms with Crippen LogP contribution in [0.5, 0.6) is 0 Å². The van der Waals surface area contributed by atoms with Crippen molar-refractivity contribution in [1.82, 2.24) is 15.1 Å². The van der Waals surface area contributed by atoms with Gasteiger partial charge in [0.25, 0.3) is 5.91 Å². The van der Waals surface area contributed by atoms with Gasteiger partial charge < -0.3 is 14.5 Å². The zero-order valence-electron chi connectivity index (χ0n) is 15.0. The fourth-order valence-corrected chi connectivity index (χ4v) is 3.21. The van der Waals surface area contributed by atoms with E-state index in [1.165, 1.54) is 4.68 Å². The molecule has 1 saturated heterocycles. The van der Waals surface area contributed by atoms with Crippen molar-refractivity contribution in [1.29, 1.82) is 0 Å². The third kappa shape index (κ3) is 3.62. The molecule has 0 radical (unpaired) electrons. The van der Waals surface area contributed by atoms with Gasteiger partial charge in [-0.3, -0.25) is 19.6 Å². The molecule has 0 aliphatic carbocycles. The van der Waals surface area contributed by atoms with Crippen molar-refractivity contribution >= 4 is 11.6 Å². The standard InChI is InChI=1S/C17H22N4O5/c1-10(14-5-4-8-25-14)18-17(22)15-7-6-13(26-15)9-20-12(3)16(21(23)24)11(2)19-20/h6-7,10,14H,4-5,8-9H2,1-3H3,(H,18,22). The van der Waals surface area contributed by atoms with Crippen molar-refractivity contribution in [3.8, 4) is 0 Å². The van der Waals surface area contributed by atoms with Crippen molar-refractivity contribution in [2.75, 3.05) is 6.61 Å². The van der Waals surface area contributed by atoms with Gasteiger partial charge in [0.15, 0.2) is 5.76 Å². The Hall–Kier alpha value is -2.68. The molecule has 9 heteroatoms. The van der Waals surface area contributed by atoms with Gasteiger partial charge in [-0.25, -0.2) is 0 Å². The fraction of sp³-hybridized carbons (Fsp3) is 0.529. The van der Waals surface area contributed by atoms with Crippen molar-refractivity contribution in [3.63, 3.8) is 0 Å². The van der Waals surface area contributed by atoms with Crippen molar-refractivity contribution < 1.29 is 18.9 Å². The molecule has 2 aromatic rings. The van der Waals surface area contributed by atoms with Crippen LogP contribution < -0.4 is 5.32 Å². The number of amides is 1.